The lowest BCUT2D eigenvalue weighted by Gasteiger charge is -2.44. The number of urea groups is 1. The van der Waals surface area contributed by atoms with Crippen molar-refractivity contribution < 1.29 is 37.7 Å². The Morgan fingerprint density at radius 1 is 1.12 bits per heavy atom. The molecule has 3 rings (SSSR count). The number of hydrogen-bond donors (Lipinski definition) is 3. The first-order valence-electron chi connectivity index (χ1n) is 14.2. The number of morpholine rings is 1. The molecule has 1 aliphatic rings. The van der Waals surface area contributed by atoms with Crippen LogP contribution in [0.3, 0.4) is 0 Å². The van der Waals surface area contributed by atoms with E-state index < -0.39 is 41.4 Å². The summed E-state index contributed by atoms with van der Waals surface area (Å²) in [5.41, 5.74) is -0.392. The highest BCUT2D eigenvalue weighted by Crippen LogP contribution is 2.32. The van der Waals surface area contributed by atoms with Crippen molar-refractivity contribution >= 4 is 12.1 Å². The first kappa shape index (κ1) is 33.2. The molecule has 0 aliphatic carbocycles. The fourth-order valence-corrected chi connectivity index (χ4v) is 5.05. The molecule has 3 N–H and O–H groups in total. The van der Waals surface area contributed by atoms with Crippen LogP contribution in [0.25, 0.3) is 11.3 Å². The average Bonchev–Trinajstić information content (AvgIpc) is 3.41. The number of carbonyl (C=O) groups excluding carboxylic acids is 1. The van der Waals surface area contributed by atoms with Crippen LogP contribution in [0.15, 0.2) is 36.5 Å². The molecule has 0 radical (unpaired) electrons. The molecule has 1 unspecified atom stereocenters. The number of benzene rings is 1. The maximum absolute atomic E-state index is 13.0. The van der Waals surface area contributed by atoms with Crippen molar-refractivity contribution in [2.75, 3.05) is 32.8 Å². The minimum absolute atomic E-state index is 0.120. The minimum Gasteiger partial charge on any atom is -0.465 e. The number of hydrogen-bond acceptors (Lipinski definition) is 5. The number of unbranched alkanes of at least 4 members (excludes halogenated alkanes) is 1. The van der Waals surface area contributed by atoms with Crippen LogP contribution in [0.4, 0.5) is 22.8 Å². The number of rotatable bonds is 11. The Labute approximate surface area is 244 Å². The van der Waals surface area contributed by atoms with Gasteiger partial charge in [-0.3, -0.25) is 9.58 Å². The van der Waals surface area contributed by atoms with E-state index >= 15 is 0 Å². The smallest absolute Gasteiger partial charge is 0.416 e. The zero-order valence-electron chi connectivity index (χ0n) is 24.6. The van der Waals surface area contributed by atoms with Crippen LogP contribution in [0, 0.1) is 5.41 Å². The number of carboxylic acid groups (broad SMARTS) is 1. The Balaban J connectivity index is 1.82. The Kier molecular flexibility index (Phi) is 11.2. The standard InChI is InChI=1S/C29H42F3N5O5/c1-5-6-7-23(24(38)18-33-26(39)35-14-16-42-17-15-35)37(27(40)41)25(28(2,3)4)19-36-13-12-22(34-36)20-8-10-21(11-9-20)29(30,31)32/h8-13,23-25,38H,5-7,14-19H2,1-4H3,(H,33,39)(H,40,41)/t23-,24+,25?/m0/s1. The third kappa shape index (κ3) is 8.84. The second kappa shape index (κ2) is 14.2. The molecule has 3 atom stereocenters. The molecular weight excluding hydrogens is 555 g/mol. The van der Waals surface area contributed by atoms with E-state index in [1.807, 2.05) is 27.7 Å². The summed E-state index contributed by atoms with van der Waals surface area (Å²) < 4.78 is 45.8. The van der Waals surface area contributed by atoms with E-state index in [9.17, 15) is 33.0 Å². The SMILES string of the molecule is CCCC[C@@H]([C@H](O)CNC(=O)N1CCOCC1)N(C(=O)O)C(Cn1ccc(-c2ccc(C(F)(F)F)cc2)n1)C(C)(C)C. The highest BCUT2D eigenvalue weighted by atomic mass is 19.4. The molecule has 0 spiro atoms. The van der Waals surface area contributed by atoms with E-state index in [-0.39, 0.29) is 19.1 Å². The molecular formula is C29H42F3N5O5. The number of alkyl halides is 3. The molecule has 1 saturated heterocycles. The van der Waals surface area contributed by atoms with Gasteiger partial charge in [-0.15, -0.1) is 0 Å². The number of carbonyl (C=O) groups is 2. The Bertz CT molecular complexity index is 1160. The molecule has 3 amide bonds. The first-order chi connectivity index (χ1) is 19.7. The summed E-state index contributed by atoms with van der Waals surface area (Å²) in [4.78, 5) is 28.3. The van der Waals surface area contributed by atoms with E-state index in [0.717, 1.165) is 18.6 Å². The highest BCUT2D eigenvalue weighted by Gasteiger charge is 2.41. The van der Waals surface area contributed by atoms with Gasteiger partial charge in [-0.1, -0.05) is 52.7 Å². The molecule has 0 saturated carbocycles. The summed E-state index contributed by atoms with van der Waals surface area (Å²) >= 11 is 0. The van der Waals surface area contributed by atoms with Crippen molar-refractivity contribution in [3.63, 3.8) is 0 Å². The molecule has 1 aliphatic heterocycles. The van der Waals surface area contributed by atoms with Gasteiger partial charge in [-0.2, -0.15) is 18.3 Å². The molecule has 42 heavy (non-hydrogen) atoms. The first-order valence-corrected chi connectivity index (χ1v) is 14.2. The van der Waals surface area contributed by atoms with Crippen LogP contribution in [-0.4, -0.2) is 93.0 Å². The van der Waals surface area contributed by atoms with Gasteiger partial charge in [0.1, 0.15) is 0 Å². The monoisotopic (exact) mass is 597 g/mol. The highest BCUT2D eigenvalue weighted by molar-refractivity contribution is 5.74. The van der Waals surface area contributed by atoms with E-state index in [1.165, 1.54) is 17.0 Å². The van der Waals surface area contributed by atoms with Gasteiger partial charge in [-0.05, 0) is 30.0 Å². The van der Waals surface area contributed by atoms with Crippen molar-refractivity contribution in [2.45, 2.75) is 77.9 Å². The van der Waals surface area contributed by atoms with Gasteiger partial charge in [0.05, 0.1) is 49.2 Å². The number of nitrogens with zero attached hydrogens (tertiary/aromatic N) is 4. The van der Waals surface area contributed by atoms with Gasteiger partial charge in [0.15, 0.2) is 0 Å². The van der Waals surface area contributed by atoms with Crippen LogP contribution >= 0.6 is 0 Å². The van der Waals surface area contributed by atoms with E-state index in [0.29, 0.717) is 50.4 Å². The van der Waals surface area contributed by atoms with Gasteiger partial charge in [0, 0.05) is 31.4 Å². The topological polar surface area (TPSA) is 120 Å². The predicted molar refractivity (Wildman–Crippen MR) is 151 cm³/mol. The Morgan fingerprint density at radius 2 is 1.76 bits per heavy atom. The van der Waals surface area contributed by atoms with Crippen LogP contribution in [-0.2, 0) is 17.5 Å². The average molecular weight is 598 g/mol. The summed E-state index contributed by atoms with van der Waals surface area (Å²) in [6, 6.07) is 4.58. The number of halogens is 3. The molecule has 1 aromatic heterocycles. The van der Waals surface area contributed by atoms with Crippen LogP contribution in [0.2, 0.25) is 0 Å². The number of aliphatic hydroxyl groups excluding tert-OH is 1. The number of nitrogens with one attached hydrogen (secondary N) is 1. The quantitative estimate of drug-likeness (QED) is 0.338. The van der Waals surface area contributed by atoms with Crippen molar-refractivity contribution in [3.05, 3.63) is 42.1 Å². The second-order valence-electron chi connectivity index (χ2n) is 11.6. The van der Waals surface area contributed by atoms with Crippen LogP contribution in [0.1, 0.15) is 52.5 Å². The molecule has 2 heterocycles. The molecule has 234 valence electrons. The van der Waals surface area contributed by atoms with Gasteiger partial charge < -0.3 is 25.2 Å². The third-order valence-corrected chi connectivity index (χ3v) is 7.48. The minimum atomic E-state index is -4.44. The van der Waals surface area contributed by atoms with Crippen molar-refractivity contribution in [2.24, 2.45) is 5.41 Å². The van der Waals surface area contributed by atoms with E-state index in [1.54, 1.807) is 21.8 Å². The summed E-state index contributed by atoms with van der Waals surface area (Å²) in [5, 5.41) is 29.0. The lowest BCUT2D eigenvalue weighted by atomic mass is 9.84. The maximum Gasteiger partial charge on any atom is 0.416 e. The summed E-state index contributed by atoms with van der Waals surface area (Å²) in [6.07, 6.45) is -3.31. The molecule has 1 aromatic carbocycles. The molecule has 1 fully saturated rings. The molecule has 2 aromatic rings. The van der Waals surface area contributed by atoms with Gasteiger partial charge in [0.2, 0.25) is 0 Å². The number of aliphatic hydroxyl groups is 1. The zero-order chi connectivity index (χ0) is 31.1. The fourth-order valence-electron chi connectivity index (χ4n) is 5.05. The van der Waals surface area contributed by atoms with E-state index in [4.69, 9.17) is 4.74 Å². The lowest BCUT2D eigenvalue weighted by Crippen LogP contribution is -2.59. The van der Waals surface area contributed by atoms with Gasteiger partial charge in [-0.25, -0.2) is 9.59 Å². The zero-order valence-corrected chi connectivity index (χ0v) is 24.6. The van der Waals surface area contributed by atoms with Crippen LogP contribution in [0.5, 0.6) is 0 Å². The molecule has 0 bridgehead atoms. The number of aromatic nitrogens is 2. The Hall–Kier alpha value is -3.32. The molecule has 13 heteroatoms. The van der Waals surface area contributed by atoms with Gasteiger partial charge in [0.25, 0.3) is 0 Å². The maximum atomic E-state index is 13.0. The molecule has 10 nitrogen and oxygen atoms in total. The number of ether oxygens (including phenoxy) is 1. The normalized spacial score (nSPS) is 16.5. The third-order valence-electron chi connectivity index (χ3n) is 7.48. The van der Waals surface area contributed by atoms with Crippen molar-refractivity contribution in [1.29, 1.82) is 0 Å². The van der Waals surface area contributed by atoms with Crippen molar-refractivity contribution in [3.8, 4) is 11.3 Å². The fraction of sp³-hybridized carbons (Fsp3) is 0.621. The van der Waals surface area contributed by atoms with Crippen LogP contribution < -0.4 is 5.32 Å². The lowest BCUT2D eigenvalue weighted by molar-refractivity contribution is -0.137. The summed E-state index contributed by atoms with van der Waals surface area (Å²) in [7, 11) is 0. The summed E-state index contributed by atoms with van der Waals surface area (Å²) in [6.45, 7) is 9.44. The van der Waals surface area contributed by atoms with E-state index in [2.05, 4.69) is 10.4 Å². The van der Waals surface area contributed by atoms with Crippen molar-refractivity contribution in [1.82, 2.24) is 24.9 Å². The second-order valence-corrected chi connectivity index (χ2v) is 11.6. The Morgan fingerprint density at radius 3 is 2.31 bits per heavy atom. The summed E-state index contributed by atoms with van der Waals surface area (Å²) in [5.74, 6) is 0. The van der Waals surface area contributed by atoms with Gasteiger partial charge >= 0.3 is 18.3 Å². The largest absolute Gasteiger partial charge is 0.465 e. The predicted octanol–water partition coefficient (Wildman–Crippen LogP) is 4.93. The number of amides is 3.